The number of nitrogens with one attached hydrogen (secondary N) is 1. The lowest BCUT2D eigenvalue weighted by atomic mass is 9.97. The molecule has 0 radical (unpaired) electrons. The number of hydrogen-bond acceptors (Lipinski definition) is 10. The first-order valence-corrected chi connectivity index (χ1v) is 11.7. The first-order valence-electron chi connectivity index (χ1n) is 10.6. The van der Waals surface area contributed by atoms with E-state index in [-0.39, 0.29) is 18.9 Å². The minimum atomic E-state index is -1.12. The largest absolute Gasteiger partial charge is 0.481 e. The van der Waals surface area contributed by atoms with Crippen LogP contribution in [0.1, 0.15) is 53.9 Å². The average molecular weight is 492 g/mol. The molecule has 4 unspecified atom stereocenters. The van der Waals surface area contributed by atoms with Crippen molar-refractivity contribution in [3.8, 4) is 0 Å². The van der Waals surface area contributed by atoms with Gasteiger partial charge in [-0.2, -0.15) is 0 Å². The van der Waals surface area contributed by atoms with E-state index in [2.05, 4.69) is 5.32 Å². The van der Waals surface area contributed by atoms with Crippen molar-refractivity contribution in [3.63, 3.8) is 0 Å². The number of thioether (sulfide) groups is 1. The molecule has 1 heterocycles. The van der Waals surface area contributed by atoms with Gasteiger partial charge in [-0.15, -0.1) is 11.8 Å². The molecular formula is C21H33NO10S. The van der Waals surface area contributed by atoms with Crippen LogP contribution in [-0.2, 0) is 42.9 Å². The van der Waals surface area contributed by atoms with Crippen LogP contribution >= 0.6 is 11.8 Å². The number of ether oxygens (including phenoxy) is 4. The number of carboxylic acids is 1. The van der Waals surface area contributed by atoms with Crippen LogP contribution in [0.15, 0.2) is 0 Å². The maximum atomic E-state index is 11.9. The fourth-order valence-corrected chi connectivity index (χ4v) is 4.71. The molecule has 1 amide bonds. The van der Waals surface area contributed by atoms with Crippen molar-refractivity contribution >= 4 is 41.5 Å². The Bertz CT molecular complexity index is 715. The molecule has 6 atom stereocenters. The summed E-state index contributed by atoms with van der Waals surface area (Å²) in [6.07, 6.45) is -1.86. The molecule has 0 aromatic heterocycles. The number of carbonyl (C=O) groups excluding carboxylic acids is 4. The fourth-order valence-electron chi connectivity index (χ4n) is 3.38. The van der Waals surface area contributed by atoms with Crippen molar-refractivity contribution in [1.29, 1.82) is 0 Å². The second-order valence-corrected chi connectivity index (χ2v) is 9.08. The van der Waals surface area contributed by atoms with Crippen LogP contribution in [0.25, 0.3) is 0 Å². The molecule has 1 saturated heterocycles. The summed E-state index contributed by atoms with van der Waals surface area (Å²) in [4.78, 5) is 57.6. The smallest absolute Gasteiger partial charge is 0.303 e. The maximum Gasteiger partial charge on any atom is 0.303 e. The Morgan fingerprint density at radius 2 is 1.61 bits per heavy atom. The zero-order valence-electron chi connectivity index (χ0n) is 19.5. The van der Waals surface area contributed by atoms with Crippen LogP contribution in [-0.4, -0.2) is 77.0 Å². The third-order valence-electron chi connectivity index (χ3n) is 4.70. The first-order chi connectivity index (χ1) is 15.4. The van der Waals surface area contributed by atoms with Gasteiger partial charge in [0.05, 0.1) is 0 Å². The molecular weight excluding hydrogens is 458 g/mol. The molecule has 0 saturated carbocycles. The minimum Gasteiger partial charge on any atom is -0.481 e. The summed E-state index contributed by atoms with van der Waals surface area (Å²) in [5.41, 5.74) is -0.715. The van der Waals surface area contributed by atoms with Crippen molar-refractivity contribution in [2.24, 2.45) is 5.92 Å². The second kappa shape index (κ2) is 14.0. The van der Waals surface area contributed by atoms with E-state index >= 15 is 0 Å². The van der Waals surface area contributed by atoms with E-state index in [0.717, 1.165) is 0 Å². The highest BCUT2D eigenvalue weighted by Crippen LogP contribution is 2.33. The van der Waals surface area contributed by atoms with Gasteiger partial charge in [-0.3, -0.25) is 24.0 Å². The Balaban J connectivity index is 3.12. The summed E-state index contributed by atoms with van der Waals surface area (Å²) >= 11 is 1.35. The number of rotatable bonds is 12. The Hall–Kier alpha value is -2.34. The molecule has 11 nitrogen and oxygen atoms in total. The summed E-state index contributed by atoms with van der Waals surface area (Å²) in [6.45, 7) is 6.61. The lowest BCUT2D eigenvalue weighted by molar-refractivity contribution is -0.211. The van der Waals surface area contributed by atoms with Gasteiger partial charge in [-0.05, 0) is 24.5 Å². The van der Waals surface area contributed by atoms with Gasteiger partial charge < -0.3 is 29.4 Å². The zero-order chi connectivity index (χ0) is 25.1. The van der Waals surface area contributed by atoms with Gasteiger partial charge in [0.15, 0.2) is 12.2 Å². The van der Waals surface area contributed by atoms with E-state index in [4.69, 9.17) is 24.1 Å². The Labute approximate surface area is 197 Å². The van der Waals surface area contributed by atoms with E-state index < -0.39 is 59.6 Å². The number of carbonyl (C=O) groups is 5. The maximum absolute atomic E-state index is 11.9. The molecule has 188 valence electrons. The van der Waals surface area contributed by atoms with Crippen molar-refractivity contribution in [1.82, 2.24) is 5.32 Å². The second-order valence-electron chi connectivity index (χ2n) is 7.94. The standard InChI is InChI=1S/C21H33NO10S/c1-11(7-6-8-17(27)28)10-33-21-18(22-12(2)23)20(31-15(5)26)19(30-14(4)25)16(32-21)9-29-13(3)24/h11,16,18-21H,6-10H2,1-5H3,(H,22,23)(H,27,28)/t11?,16?,18?,19-,20?,21-/m0/s1. The molecule has 0 bridgehead atoms. The lowest BCUT2D eigenvalue weighted by Crippen LogP contribution is -2.65. The monoisotopic (exact) mass is 491 g/mol. The Kier molecular flexibility index (Phi) is 12.2. The minimum absolute atomic E-state index is 0.0759. The van der Waals surface area contributed by atoms with Crippen molar-refractivity contribution in [3.05, 3.63) is 0 Å². The third-order valence-corrected chi connectivity index (χ3v) is 6.20. The molecule has 33 heavy (non-hydrogen) atoms. The summed E-state index contributed by atoms with van der Waals surface area (Å²) in [6, 6.07) is -0.847. The highest BCUT2D eigenvalue weighted by molar-refractivity contribution is 7.99. The number of hydrogen-bond donors (Lipinski definition) is 2. The van der Waals surface area contributed by atoms with Crippen LogP contribution in [0, 0.1) is 5.92 Å². The zero-order valence-corrected chi connectivity index (χ0v) is 20.3. The van der Waals surface area contributed by atoms with E-state index in [1.165, 1.54) is 39.5 Å². The normalized spacial score (nSPS) is 25.4. The molecule has 1 rings (SSSR count). The molecule has 1 aliphatic rings. The quantitative estimate of drug-likeness (QED) is 0.299. The van der Waals surface area contributed by atoms with Crippen molar-refractivity contribution in [2.45, 2.75) is 83.7 Å². The van der Waals surface area contributed by atoms with Gasteiger partial charge in [0.2, 0.25) is 5.91 Å². The first kappa shape index (κ1) is 28.7. The summed E-state index contributed by atoms with van der Waals surface area (Å²) < 4.78 is 22.0. The lowest BCUT2D eigenvalue weighted by Gasteiger charge is -2.45. The number of esters is 3. The van der Waals surface area contributed by atoms with Gasteiger partial charge in [0, 0.05) is 34.1 Å². The summed E-state index contributed by atoms with van der Waals surface area (Å²) in [5.74, 6) is -2.43. The van der Waals surface area contributed by atoms with Crippen molar-refractivity contribution < 1.29 is 48.0 Å². The van der Waals surface area contributed by atoms with E-state index in [9.17, 15) is 24.0 Å². The van der Waals surface area contributed by atoms with Gasteiger partial charge in [-0.25, -0.2) is 0 Å². The van der Waals surface area contributed by atoms with E-state index in [1.54, 1.807) is 0 Å². The molecule has 0 aromatic carbocycles. The molecule has 0 aromatic rings. The summed E-state index contributed by atoms with van der Waals surface area (Å²) in [5, 5.41) is 11.5. The number of carboxylic acid groups (broad SMARTS) is 1. The number of amides is 1. The Morgan fingerprint density at radius 1 is 1.00 bits per heavy atom. The highest BCUT2D eigenvalue weighted by Gasteiger charge is 2.50. The predicted octanol–water partition coefficient (Wildman–Crippen LogP) is 1.27. The van der Waals surface area contributed by atoms with Crippen LogP contribution in [0.3, 0.4) is 0 Å². The van der Waals surface area contributed by atoms with Gasteiger partial charge in [0.1, 0.15) is 24.2 Å². The average Bonchev–Trinajstić information content (AvgIpc) is 2.67. The molecule has 1 fully saturated rings. The molecule has 0 spiro atoms. The van der Waals surface area contributed by atoms with Crippen LogP contribution in [0.4, 0.5) is 0 Å². The molecule has 0 aliphatic carbocycles. The van der Waals surface area contributed by atoms with Crippen LogP contribution in [0.2, 0.25) is 0 Å². The summed E-state index contributed by atoms with van der Waals surface area (Å²) in [7, 11) is 0. The van der Waals surface area contributed by atoms with E-state index in [0.29, 0.717) is 18.6 Å². The molecule has 2 N–H and O–H groups in total. The molecule has 12 heteroatoms. The van der Waals surface area contributed by atoms with E-state index in [1.807, 2.05) is 6.92 Å². The Morgan fingerprint density at radius 3 is 2.12 bits per heavy atom. The fraction of sp³-hybridized carbons (Fsp3) is 0.762. The van der Waals surface area contributed by atoms with Gasteiger partial charge >= 0.3 is 23.9 Å². The topological polar surface area (TPSA) is 155 Å². The van der Waals surface area contributed by atoms with Crippen molar-refractivity contribution in [2.75, 3.05) is 12.4 Å². The van der Waals surface area contributed by atoms with Gasteiger partial charge in [-0.1, -0.05) is 6.92 Å². The SMILES string of the molecule is CC(=O)NC1C(OC(C)=O)[C@@H](OC(C)=O)C(COC(C)=O)O[C@H]1SCC(C)CCCC(=O)O. The van der Waals surface area contributed by atoms with Gasteiger partial charge in [0.25, 0.3) is 0 Å². The third kappa shape index (κ3) is 10.9. The highest BCUT2D eigenvalue weighted by atomic mass is 32.2. The van der Waals surface area contributed by atoms with Crippen LogP contribution < -0.4 is 5.32 Å². The predicted molar refractivity (Wildman–Crippen MR) is 117 cm³/mol. The molecule has 1 aliphatic heterocycles. The van der Waals surface area contributed by atoms with Crippen LogP contribution in [0.5, 0.6) is 0 Å². The number of aliphatic carboxylic acids is 1.